The van der Waals surface area contributed by atoms with Crippen molar-refractivity contribution < 1.29 is 4.21 Å². The molecule has 0 amide bonds. The van der Waals surface area contributed by atoms with Crippen LogP contribution in [0.15, 0.2) is 29.2 Å². The SMILES string of the molecule is N=S1(=O)NCc2ccccc21. The molecule has 1 aromatic carbocycles. The fraction of sp³-hybridized carbons (Fsp3) is 0.143. The lowest BCUT2D eigenvalue weighted by atomic mass is 10.2. The van der Waals surface area contributed by atoms with E-state index in [9.17, 15) is 4.21 Å². The van der Waals surface area contributed by atoms with Gasteiger partial charge in [0.2, 0.25) is 0 Å². The zero-order chi connectivity index (χ0) is 7.90. The third-order valence-electron chi connectivity index (χ3n) is 1.75. The smallest absolute Gasteiger partial charge is 0.135 e. The number of benzene rings is 1. The Hall–Kier alpha value is -0.870. The van der Waals surface area contributed by atoms with Gasteiger partial charge in [-0.2, -0.15) is 0 Å². The maximum Gasteiger partial charge on any atom is 0.135 e. The van der Waals surface area contributed by atoms with E-state index in [4.69, 9.17) is 4.78 Å². The van der Waals surface area contributed by atoms with Crippen molar-refractivity contribution in [3.05, 3.63) is 29.8 Å². The highest BCUT2D eigenvalue weighted by molar-refractivity contribution is 7.90. The highest BCUT2D eigenvalue weighted by atomic mass is 32.2. The summed E-state index contributed by atoms with van der Waals surface area (Å²) >= 11 is 0. The van der Waals surface area contributed by atoms with Crippen LogP contribution in [0.2, 0.25) is 0 Å². The van der Waals surface area contributed by atoms with Gasteiger partial charge in [0.1, 0.15) is 9.92 Å². The first-order valence-electron chi connectivity index (χ1n) is 3.31. The largest absolute Gasteiger partial charge is 0.236 e. The molecule has 0 bridgehead atoms. The first kappa shape index (κ1) is 6.82. The van der Waals surface area contributed by atoms with Gasteiger partial charge in [-0.25, -0.2) is 13.7 Å². The molecule has 0 saturated carbocycles. The van der Waals surface area contributed by atoms with Crippen LogP contribution in [-0.2, 0) is 16.5 Å². The molecule has 1 aliphatic heterocycles. The molecule has 2 N–H and O–H groups in total. The van der Waals surface area contributed by atoms with Crippen LogP contribution in [0.1, 0.15) is 5.56 Å². The van der Waals surface area contributed by atoms with E-state index in [2.05, 4.69) is 4.72 Å². The summed E-state index contributed by atoms with van der Waals surface area (Å²) in [5.41, 5.74) is 0.979. The van der Waals surface area contributed by atoms with E-state index in [1.54, 1.807) is 12.1 Å². The van der Waals surface area contributed by atoms with Gasteiger partial charge in [0.15, 0.2) is 0 Å². The molecule has 1 aromatic rings. The van der Waals surface area contributed by atoms with Gasteiger partial charge in [-0.1, -0.05) is 18.2 Å². The Balaban J connectivity index is 2.75. The molecule has 3 nitrogen and oxygen atoms in total. The lowest BCUT2D eigenvalue weighted by molar-refractivity contribution is 0.669. The topological polar surface area (TPSA) is 53.0 Å². The molecule has 0 saturated heterocycles. The standard InChI is InChI=1S/C7H8N2OS/c8-11(10)7-4-2-1-3-6(7)5-9-11/h1-4H,5H2,(H2,8,9,10). The minimum Gasteiger partial charge on any atom is -0.236 e. The molecule has 0 spiro atoms. The first-order valence-corrected chi connectivity index (χ1v) is 4.87. The van der Waals surface area contributed by atoms with Crippen LogP contribution in [0.25, 0.3) is 0 Å². The van der Waals surface area contributed by atoms with Crippen molar-refractivity contribution in [2.24, 2.45) is 0 Å². The molecule has 1 atom stereocenters. The number of nitrogens with one attached hydrogen (secondary N) is 2. The Morgan fingerprint density at radius 2 is 2.18 bits per heavy atom. The minimum atomic E-state index is -2.66. The molecule has 11 heavy (non-hydrogen) atoms. The highest BCUT2D eigenvalue weighted by Crippen LogP contribution is 2.21. The minimum absolute atomic E-state index is 0.554. The van der Waals surface area contributed by atoms with Gasteiger partial charge >= 0.3 is 0 Å². The molecule has 1 heterocycles. The summed E-state index contributed by atoms with van der Waals surface area (Å²) in [4.78, 5) is 0.639. The van der Waals surface area contributed by atoms with Crippen molar-refractivity contribution in [1.82, 2.24) is 4.72 Å². The van der Waals surface area contributed by atoms with Gasteiger partial charge in [0.05, 0.1) is 4.90 Å². The highest BCUT2D eigenvalue weighted by Gasteiger charge is 2.20. The van der Waals surface area contributed by atoms with Gasteiger partial charge in [-0.3, -0.25) is 0 Å². The summed E-state index contributed by atoms with van der Waals surface area (Å²) in [5.74, 6) is 0. The Morgan fingerprint density at radius 1 is 1.45 bits per heavy atom. The van der Waals surface area contributed by atoms with Crippen molar-refractivity contribution in [2.45, 2.75) is 11.4 Å². The molecule has 0 aromatic heterocycles. The van der Waals surface area contributed by atoms with Crippen LogP contribution >= 0.6 is 0 Å². The van der Waals surface area contributed by atoms with E-state index in [1.807, 2.05) is 12.1 Å². The van der Waals surface area contributed by atoms with Gasteiger partial charge < -0.3 is 0 Å². The van der Waals surface area contributed by atoms with Crippen molar-refractivity contribution >= 4 is 9.92 Å². The second-order valence-electron chi connectivity index (χ2n) is 2.49. The molecule has 0 fully saturated rings. The van der Waals surface area contributed by atoms with E-state index in [-0.39, 0.29) is 0 Å². The van der Waals surface area contributed by atoms with Crippen LogP contribution in [0.4, 0.5) is 0 Å². The quantitative estimate of drug-likeness (QED) is 0.599. The van der Waals surface area contributed by atoms with Crippen LogP contribution < -0.4 is 4.72 Å². The lowest BCUT2D eigenvalue weighted by Crippen LogP contribution is -2.12. The number of fused-ring (bicyclic) bond motifs is 1. The van der Waals surface area contributed by atoms with Gasteiger partial charge in [0, 0.05) is 6.54 Å². The Morgan fingerprint density at radius 3 is 2.91 bits per heavy atom. The third-order valence-corrected chi connectivity index (χ3v) is 3.32. The maximum absolute atomic E-state index is 11.4. The molecule has 0 aliphatic carbocycles. The average Bonchev–Trinajstić information content (AvgIpc) is 2.29. The lowest BCUT2D eigenvalue weighted by Gasteiger charge is -1.96. The van der Waals surface area contributed by atoms with Gasteiger partial charge in [0.25, 0.3) is 0 Å². The van der Waals surface area contributed by atoms with Crippen LogP contribution in [0, 0.1) is 4.78 Å². The van der Waals surface area contributed by atoms with Crippen LogP contribution in [0.5, 0.6) is 0 Å². The average molecular weight is 168 g/mol. The van der Waals surface area contributed by atoms with Crippen molar-refractivity contribution in [3.63, 3.8) is 0 Å². The second-order valence-corrected chi connectivity index (χ2v) is 4.33. The molecular formula is C7H8N2OS. The first-order chi connectivity index (χ1) is 5.20. The van der Waals surface area contributed by atoms with E-state index in [0.717, 1.165) is 5.56 Å². The maximum atomic E-state index is 11.4. The molecule has 1 aliphatic rings. The zero-order valence-corrected chi connectivity index (χ0v) is 6.65. The van der Waals surface area contributed by atoms with Crippen molar-refractivity contribution in [3.8, 4) is 0 Å². The second kappa shape index (κ2) is 2.06. The monoisotopic (exact) mass is 168 g/mol. The summed E-state index contributed by atoms with van der Waals surface area (Å²) in [6.07, 6.45) is 0. The summed E-state index contributed by atoms with van der Waals surface area (Å²) in [6, 6.07) is 7.33. The number of rotatable bonds is 0. The molecule has 58 valence electrons. The molecule has 1 unspecified atom stereocenters. The summed E-state index contributed by atoms with van der Waals surface area (Å²) in [6.45, 7) is 0.554. The molecule has 2 rings (SSSR count). The molecule has 4 heteroatoms. The molecule has 0 radical (unpaired) electrons. The van der Waals surface area contributed by atoms with E-state index >= 15 is 0 Å². The summed E-state index contributed by atoms with van der Waals surface area (Å²) < 4.78 is 21.4. The predicted molar refractivity (Wildman–Crippen MR) is 42.4 cm³/mol. The summed E-state index contributed by atoms with van der Waals surface area (Å²) in [5, 5.41) is 0. The Kier molecular flexibility index (Phi) is 1.27. The van der Waals surface area contributed by atoms with Crippen LogP contribution in [0.3, 0.4) is 0 Å². The van der Waals surface area contributed by atoms with E-state index in [1.165, 1.54) is 0 Å². The van der Waals surface area contributed by atoms with E-state index in [0.29, 0.717) is 11.4 Å². The third kappa shape index (κ3) is 0.948. The van der Waals surface area contributed by atoms with Crippen LogP contribution in [-0.4, -0.2) is 4.21 Å². The normalized spacial score (nSPS) is 28.4. The Labute approximate surface area is 65.5 Å². The molecular weight excluding hydrogens is 160 g/mol. The number of hydrogen-bond donors (Lipinski definition) is 2. The van der Waals surface area contributed by atoms with Gasteiger partial charge in [-0.15, -0.1) is 0 Å². The van der Waals surface area contributed by atoms with Gasteiger partial charge in [-0.05, 0) is 11.6 Å². The fourth-order valence-corrected chi connectivity index (χ4v) is 2.48. The zero-order valence-electron chi connectivity index (χ0n) is 5.83. The fourth-order valence-electron chi connectivity index (χ4n) is 1.19. The van der Waals surface area contributed by atoms with Crippen molar-refractivity contribution in [1.29, 1.82) is 4.78 Å². The summed E-state index contributed by atoms with van der Waals surface area (Å²) in [7, 11) is -2.66. The van der Waals surface area contributed by atoms with E-state index < -0.39 is 9.92 Å². The Bertz CT molecular complexity index is 383. The number of hydrogen-bond acceptors (Lipinski definition) is 2. The predicted octanol–water partition coefficient (Wildman–Crippen LogP) is 1.11. The van der Waals surface area contributed by atoms with Crippen molar-refractivity contribution in [2.75, 3.05) is 0 Å².